The van der Waals surface area contributed by atoms with E-state index >= 15 is 0 Å². The first-order chi connectivity index (χ1) is 8.30. The van der Waals surface area contributed by atoms with Gasteiger partial charge in [0, 0.05) is 11.4 Å². The van der Waals surface area contributed by atoms with Gasteiger partial charge in [-0.15, -0.1) is 22.9 Å². The van der Waals surface area contributed by atoms with Gasteiger partial charge in [-0.25, -0.2) is 4.98 Å². The molecule has 17 heavy (non-hydrogen) atoms. The molecule has 0 bridgehead atoms. The summed E-state index contributed by atoms with van der Waals surface area (Å²) in [4.78, 5) is 7.31. The Hall–Kier alpha value is -0.120. The second-order valence-electron chi connectivity index (χ2n) is 4.70. The van der Waals surface area contributed by atoms with Gasteiger partial charge in [0.05, 0.1) is 17.6 Å². The van der Waals surface area contributed by atoms with E-state index in [1.165, 1.54) is 30.8 Å². The molecule has 96 valence electrons. The van der Waals surface area contributed by atoms with Gasteiger partial charge in [0.1, 0.15) is 5.01 Å². The average Bonchev–Trinajstić information content (AvgIpc) is 3.08. The van der Waals surface area contributed by atoms with E-state index in [2.05, 4.69) is 29.1 Å². The van der Waals surface area contributed by atoms with Gasteiger partial charge in [-0.1, -0.05) is 13.8 Å². The van der Waals surface area contributed by atoms with Crippen molar-refractivity contribution in [1.29, 1.82) is 0 Å². The number of halogens is 1. The van der Waals surface area contributed by atoms with E-state index in [0.717, 1.165) is 18.2 Å². The van der Waals surface area contributed by atoms with Crippen LogP contribution in [0.15, 0.2) is 5.38 Å². The smallest absolute Gasteiger partial charge is 0.110 e. The minimum Gasteiger partial charge on any atom is -0.291 e. The Bertz CT molecular complexity index is 349. The summed E-state index contributed by atoms with van der Waals surface area (Å²) in [5.74, 6) is 0.532. The standard InChI is InChI=1S/C13H21ClN2S/c1-3-7-16(11-5-6-11)12(4-2)13-15-10(8-14)9-17-13/h9,11-12H,3-8H2,1-2H3. The van der Waals surface area contributed by atoms with Crippen LogP contribution < -0.4 is 0 Å². The molecule has 1 unspecified atom stereocenters. The molecule has 4 heteroatoms. The summed E-state index contributed by atoms with van der Waals surface area (Å²) in [5.41, 5.74) is 1.03. The van der Waals surface area contributed by atoms with E-state index in [9.17, 15) is 0 Å². The highest BCUT2D eigenvalue weighted by Gasteiger charge is 2.34. The lowest BCUT2D eigenvalue weighted by molar-refractivity contribution is 0.181. The van der Waals surface area contributed by atoms with E-state index in [4.69, 9.17) is 11.6 Å². The Morgan fingerprint density at radius 2 is 2.29 bits per heavy atom. The summed E-state index contributed by atoms with van der Waals surface area (Å²) in [6, 6.07) is 1.31. The van der Waals surface area contributed by atoms with Crippen molar-refractivity contribution in [3.63, 3.8) is 0 Å². The quantitative estimate of drug-likeness (QED) is 0.692. The maximum absolute atomic E-state index is 5.83. The van der Waals surface area contributed by atoms with E-state index in [1.807, 2.05) is 0 Å². The minimum absolute atomic E-state index is 0.504. The van der Waals surface area contributed by atoms with Crippen molar-refractivity contribution in [3.8, 4) is 0 Å². The fourth-order valence-corrected chi connectivity index (χ4v) is 3.60. The topological polar surface area (TPSA) is 16.1 Å². The monoisotopic (exact) mass is 272 g/mol. The van der Waals surface area contributed by atoms with Crippen LogP contribution in [0.25, 0.3) is 0 Å². The van der Waals surface area contributed by atoms with Crippen LogP contribution >= 0.6 is 22.9 Å². The SMILES string of the molecule is CCCN(C1CC1)C(CC)c1nc(CCl)cs1. The van der Waals surface area contributed by atoms with Crippen molar-refractivity contribution in [3.05, 3.63) is 16.1 Å². The predicted octanol–water partition coefficient (Wildman–Crippen LogP) is 4.21. The zero-order chi connectivity index (χ0) is 12.3. The van der Waals surface area contributed by atoms with Gasteiger partial charge in [-0.3, -0.25) is 4.90 Å². The molecule has 2 rings (SSSR count). The van der Waals surface area contributed by atoms with Crippen molar-refractivity contribution < 1.29 is 0 Å². The van der Waals surface area contributed by atoms with Crippen LogP contribution in [0.1, 0.15) is 56.3 Å². The average molecular weight is 273 g/mol. The molecule has 1 atom stereocenters. The first-order valence-electron chi connectivity index (χ1n) is 6.56. The Labute approximate surface area is 113 Å². The molecule has 0 radical (unpaired) electrons. The molecule has 1 aromatic rings. The van der Waals surface area contributed by atoms with Crippen LogP contribution in [0.4, 0.5) is 0 Å². The van der Waals surface area contributed by atoms with Gasteiger partial charge in [0.2, 0.25) is 0 Å². The number of aromatic nitrogens is 1. The molecular weight excluding hydrogens is 252 g/mol. The second kappa shape index (κ2) is 6.17. The molecule has 1 fully saturated rings. The van der Waals surface area contributed by atoms with Crippen molar-refractivity contribution in [2.24, 2.45) is 0 Å². The van der Waals surface area contributed by atoms with Crippen molar-refractivity contribution in [2.75, 3.05) is 6.54 Å². The molecule has 0 N–H and O–H groups in total. The molecule has 1 saturated carbocycles. The van der Waals surface area contributed by atoms with Gasteiger partial charge < -0.3 is 0 Å². The lowest BCUT2D eigenvalue weighted by Gasteiger charge is -2.29. The molecule has 1 aliphatic rings. The third kappa shape index (κ3) is 3.21. The fraction of sp³-hybridized carbons (Fsp3) is 0.769. The molecule has 0 spiro atoms. The molecule has 2 nitrogen and oxygen atoms in total. The third-order valence-corrected chi connectivity index (χ3v) is 4.54. The van der Waals surface area contributed by atoms with Crippen molar-refractivity contribution in [1.82, 2.24) is 9.88 Å². The van der Waals surface area contributed by atoms with Crippen LogP contribution in [0.3, 0.4) is 0 Å². The molecule has 1 aromatic heterocycles. The van der Waals surface area contributed by atoms with Gasteiger partial charge in [-0.2, -0.15) is 0 Å². The highest BCUT2D eigenvalue weighted by atomic mass is 35.5. The summed E-state index contributed by atoms with van der Waals surface area (Å²) < 4.78 is 0. The Kier molecular flexibility index (Phi) is 4.83. The zero-order valence-electron chi connectivity index (χ0n) is 10.7. The largest absolute Gasteiger partial charge is 0.291 e. The van der Waals surface area contributed by atoms with Crippen LogP contribution in [-0.2, 0) is 5.88 Å². The maximum atomic E-state index is 5.83. The highest BCUT2D eigenvalue weighted by molar-refractivity contribution is 7.09. The number of hydrogen-bond acceptors (Lipinski definition) is 3. The molecule has 0 aromatic carbocycles. The zero-order valence-corrected chi connectivity index (χ0v) is 12.2. The van der Waals surface area contributed by atoms with Crippen molar-refractivity contribution in [2.45, 2.75) is 57.5 Å². The number of alkyl halides is 1. The number of hydrogen-bond donors (Lipinski definition) is 0. The highest BCUT2D eigenvalue weighted by Crippen LogP contribution is 2.37. The first kappa shape index (κ1) is 13.3. The van der Waals surface area contributed by atoms with E-state index < -0.39 is 0 Å². The fourth-order valence-electron chi connectivity index (χ4n) is 2.35. The molecule has 1 aliphatic carbocycles. The van der Waals surface area contributed by atoms with Gasteiger partial charge in [0.25, 0.3) is 0 Å². The Balaban J connectivity index is 2.12. The van der Waals surface area contributed by atoms with E-state index in [1.54, 1.807) is 11.3 Å². The van der Waals surface area contributed by atoms with E-state index in [-0.39, 0.29) is 0 Å². The molecule has 0 saturated heterocycles. The van der Waals surface area contributed by atoms with Crippen molar-refractivity contribution >= 4 is 22.9 Å². The van der Waals surface area contributed by atoms with Gasteiger partial charge in [-0.05, 0) is 32.2 Å². The van der Waals surface area contributed by atoms with Gasteiger partial charge in [0.15, 0.2) is 0 Å². The maximum Gasteiger partial charge on any atom is 0.110 e. The van der Waals surface area contributed by atoms with Crippen LogP contribution in [0, 0.1) is 0 Å². The first-order valence-corrected chi connectivity index (χ1v) is 7.97. The molecule has 0 amide bonds. The summed E-state index contributed by atoms with van der Waals surface area (Å²) in [5, 5.41) is 3.35. The molecule has 1 heterocycles. The van der Waals surface area contributed by atoms with Crippen LogP contribution in [-0.4, -0.2) is 22.5 Å². The predicted molar refractivity (Wildman–Crippen MR) is 74.7 cm³/mol. The number of rotatable bonds is 7. The summed E-state index contributed by atoms with van der Waals surface area (Å²) in [6.07, 6.45) is 5.10. The summed E-state index contributed by atoms with van der Waals surface area (Å²) >= 11 is 7.60. The molecule has 0 aliphatic heterocycles. The second-order valence-corrected chi connectivity index (χ2v) is 5.86. The molecular formula is C13H21ClN2S. The third-order valence-electron chi connectivity index (χ3n) is 3.28. The van der Waals surface area contributed by atoms with Gasteiger partial charge >= 0.3 is 0 Å². The summed E-state index contributed by atoms with van der Waals surface area (Å²) in [7, 11) is 0. The minimum atomic E-state index is 0.504. The lowest BCUT2D eigenvalue weighted by Crippen LogP contribution is -2.31. The van der Waals surface area contributed by atoms with E-state index in [0.29, 0.717) is 11.9 Å². The normalized spacial score (nSPS) is 17.6. The Morgan fingerprint density at radius 1 is 1.53 bits per heavy atom. The van der Waals surface area contributed by atoms with Crippen LogP contribution in [0.2, 0.25) is 0 Å². The summed E-state index contributed by atoms with van der Waals surface area (Å²) in [6.45, 7) is 5.71. The number of thiazole rings is 1. The number of nitrogens with zero attached hydrogens (tertiary/aromatic N) is 2. The van der Waals surface area contributed by atoms with Crippen LogP contribution in [0.5, 0.6) is 0 Å². The Morgan fingerprint density at radius 3 is 2.76 bits per heavy atom. The lowest BCUT2D eigenvalue weighted by atomic mass is 10.2.